The lowest BCUT2D eigenvalue weighted by molar-refractivity contribution is 0.0212. The quantitative estimate of drug-likeness (QED) is 0.720. The number of rotatable bonds is 6. The average Bonchev–Trinajstić information content (AvgIpc) is 2.75. The molecule has 1 N–H and O–H groups in total. The number of hydrogen-bond donors (Lipinski definition) is 1. The third kappa shape index (κ3) is 6.59. The number of nitrogens with zero attached hydrogens (tertiary/aromatic N) is 1. The SMILES string of the molecule is Cl.Cl.c1ccc(COc2cccc([C@@H](C3CCOCC3)N3CCNCC3)c2)cc1. The van der Waals surface area contributed by atoms with Gasteiger partial charge in [-0.1, -0.05) is 42.5 Å². The van der Waals surface area contributed by atoms with Gasteiger partial charge in [0.1, 0.15) is 12.4 Å². The lowest BCUT2D eigenvalue weighted by atomic mass is 9.85. The summed E-state index contributed by atoms with van der Waals surface area (Å²) in [7, 11) is 0. The second-order valence-corrected chi connectivity index (χ2v) is 7.53. The molecule has 2 saturated heterocycles. The van der Waals surface area contributed by atoms with Crippen molar-refractivity contribution in [1.29, 1.82) is 0 Å². The minimum atomic E-state index is 0. The van der Waals surface area contributed by atoms with E-state index in [0.717, 1.165) is 58.0 Å². The fourth-order valence-electron chi connectivity index (χ4n) is 4.30. The summed E-state index contributed by atoms with van der Waals surface area (Å²) in [6, 6.07) is 19.6. The molecule has 0 saturated carbocycles. The first-order chi connectivity index (χ1) is 13.4. The van der Waals surface area contributed by atoms with Gasteiger partial charge in [0.2, 0.25) is 0 Å². The van der Waals surface area contributed by atoms with Crippen molar-refractivity contribution in [3.05, 3.63) is 65.7 Å². The smallest absolute Gasteiger partial charge is 0.120 e. The first kappa shape index (κ1) is 24.0. The van der Waals surface area contributed by atoms with E-state index in [2.05, 4.69) is 58.7 Å². The highest BCUT2D eigenvalue weighted by Crippen LogP contribution is 2.36. The van der Waals surface area contributed by atoms with E-state index in [9.17, 15) is 0 Å². The van der Waals surface area contributed by atoms with Crippen molar-refractivity contribution in [2.24, 2.45) is 5.92 Å². The van der Waals surface area contributed by atoms with Gasteiger partial charge < -0.3 is 14.8 Å². The molecule has 4 nitrogen and oxygen atoms in total. The highest BCUT2D eigenvalue weighted by Gasteiger charge is 2.31. The Morgan fingerprint density at radius 3 is 2.41 bits per heavy atom. The molecule has 0 bridgehead atoms. The van der Waals surface area contributed by atoms with Crippen molar-refractivity contribution in [2.45, 2.75) is 25.5 Å². The maximum Gasteiger partial charge on any atom is 0.120 e. The van der Waals surface area contributed by atoms with Crippen LogP contribution in [0.2, 0.25) is 0 Å². The summed E-state index contributed by atoms with van der Waals surface area (Å²) >= 11 is 0. The Labute approximate surface area is 186 Å². The molecule has 0 unspecified atom stereocenters. The van der Waals surface area contributed by atoms with Crippen molar-refractivity contribution in [1.82, 2.24) is 10.2 Å². The van der Waals surface area contributed by atoms with Crippen LogP contribution in [0.1, 0.15) is 30.0 Å². The zero-order valence-electron chi connectivity index (χ0n) is 16.8. The van der Waals surface area contributed by atoms with Crippen LogP contribution in [0.25, 0.3) is 0 Å². The molecule has 2 fully saturated rings. The van der Waals surface area contributed by atoms with E-state index in [4.69, 9.17) is 9.47 Å². The summed E-state index contributed by atoms with van der Waals surface area (Å²) in [5.74, 6) is 1.62. The van der Waals surface area contributed by atoms with Gasteiger partial charge in [-0.2, -0.15) is 0 Å². The fraction of sp³-hybridized carbons (Fsp3) is 0.478. The fourth-order valence-corrected chi connectivity index (χ4v) is 4.30. The first-order valence-corrected chi connectivity index (χ1v) is 10.2. The zero-order chi connectivity index (χ0) is 18.3. The Morgan fingerprint density at radius 2 is 1.69 bits per heavy atom. The predicted molar refractivity (Wildman–Crippen MR) is 122 cm³/mol. The molecule has 2 aromatic carbocycles. The van der Waals surface area contributed by atoms with Gasteiger partial charge in [-0.3, -0.25) is 4.90 Å². The van der Waals surface area contributed by atoms with E-state index >= 15 is 0 Å². The summed E-state index contributed by atoms with van der Waals surface area (Å²) in [6.07, 6.45) is 2.29. The molecule has 2 aliphatic rings. The number of benzene rings is 2. The summed E-state index contributed by atoms with van der Waals surface area (Å²) in [5, 5.41) is 3.48. The molecule has 0 spiro atoms. The average molecular weight is 439 g/mol. The molecule has 4 rings (SSSR count). The largest absolute Gasteiger partial charge is 0.489 e. The Bertz CT molecular complexity index is 687. The van der Waals surface area contributed by atoms with Crippen LogP contribution >= 0.6 is 24.8 Å². The van der Waals surface area contributed by atoms with Crippen LogP contribution in [0.5, 0.6) is 5.75 Å². The third-order valence-electron chi connectivity index (χ3n) is 5.71. The highest BCUT2D eigenvalue weighted by atomic mass is 35.5. The number of halogens is 2. The van der Waals surface area contributed by atoms with Gasteiger partial charge in [0.05, 0.1) is 0 Å². The maximum absolute atomic E-state index is 6.10. The van der Waals surface area contributed by atoms with Crippen LogP contribution in [0.15, 0.2) is 54.6 Å². The van der Waals surface area contributed by atoms with Crippen molar-refractivity contribution >= 4 is 24.8 Å². The van der Waals surface area contributed by atoms with Crippen LogP contribution in [0, 0.1) is 5.92 Å². The molecule has 1 atom stereocenters. The van der Waals surface area contributed by atoms with Gasteiger partial charge in [0.15, 0.2) is 0 Å². The van der Waals surface area contributed by atoms with Crippen molar-refractivity contribution in [2.75, 3.05) is 39.4 Å². The molecule has 160 valence electrons. The first-order valence-electron chi connectivity index (χ1n) is 10.2. The molecule has 2 aliphatic heterocycles. The Balaban J connectivity index is 0.00000150. The Kier molecular flexibility index (Phi) is 10.3. The molecule has 0 aromatic heterocycles. The standard InChI is InChI=1S/C23H30N2O2.2ClH/c1-2-5-19(6-3-1)18-27-22-8-4-7-21(17-22)23(20-9-15-26-16-10-20)25-13-11-24-12-14-25;;/h1-8,17,20,23-24H,9-16,18H2;2*1H/t23-;;/m1../s1. The molecular formula is C23H32Cl2N2O2. The zero-order valence-corrected chi connectivity index (χ0v) is 18.4. The van der Waals surface area contributed by atoms with Gasteiger partial charge in [-0.25, -0.2) is 0 Å². The van der Waals surface area contributed by atoms with Crippen LogP contribution in [-0.4, -0.2) is 44.3 Å². The van der Waals surface area contributed by atoms with Crippen molar-refractivity contribution in [3.63, 3.8) is 0 Å². The van der Waals surface area contributed by atoms with Gasteiger partial charge in [0, 0.05) is 45.4 Å². The van der Waals surface area contributed by atoms with Crippen LogP contribution < -0.4 is 10.1 Å². The molecule has 0 radical (unpaired) electrons. The lowest BCUT2D eigenvalue weighted by Gasteiger charge is -2.41. The molecule has 29 heavy (non-hydrogen) atoms. The van der Waals surface area contributed by atoms with Crippen LogP contribution in [0.3, 0.4) is 0 Å². The molecule has 2 heterocycles. The maximum atomic E-state index is 6.10. The highest BCUT2D eigenvalue weighted by molar-refractivity contribution is 5.85. The normalized spacial score (nSPS) is 18.9. The van der Waals surface area contributed by atoms with E-state index in [-0.39, 0.29) is 24.8 Å². The Morgan fingerprint density at radius 1 is 0.966 bits per heavy atom. The molecule has 0 aliphatic carbocycles. The van der Waals surface area contributed by atoms with E-state index in [1.165, 1.54) is 11.1 Å². The van der Waals surface area contributed by atoms with Gasteiger partial charge in [0.25, 0.3) is 0 Å². The predicted octanol–water partition coefficient (Wildman–Crippen LogP) is 4.48. The summed E-state index contributed by atoms with van der Waals surface area (Å²) in [4.78, 5) is 2.66. The molecular weight excluding hydrogens is 407 g/mol. The summed E-state index contributed by atoms with van der Waals surface area (Å²) < 4.78 is 11.7. The van der Waals surface area contributed by atoms with Gasteiger partial charge >= 0.3 is 0 Å². The van der Waals surface area contributed by atoms with E-state index in [0.29, 0.717) is 18.6 Å². The van der Waals surface area contributed by atoms with Crippen LogP contribution in [-0.2, 0) is 11.3 Å². The van der Waals surface area contributed by atoms with E-state index < -0.39 is 0 Å². The van der Waals surface area contributed by atoms with Crippen molar-refractivity contribution < 1.29 is 9.47 Å². The van der Waals surface area contributed by atoms with E-state index in [1.807, 2.05) is 6.07 Å². The number of piperazine rings is 1. The number of hydrogen-bond acceptors (Lipinski definition) is 4. The summed E-state index contributed by atoms with van der Waals surface area (Å²) in [6.45, 7) is 6.75. The number of nitrogens with one attached hydrogen (secondary N) is 1. The molecule has 0 amide bonds. The van der Waals surface area contributed by atoms with Crippen molar-refractivity contribution in [3.8, 4) is 5.75 Å². The van der Waals surface area contributed by atoms with Gasteiger partial charge in [-0.05, 0) is 42.0 Å². The van der Waals surface area contributed by atoms with Crippen LogP contribution in [0.4, 0.5) is 0 Å². The monoisotopic (exact) mass is 438 g/mol. The summed E-state index contributed by atoms with van der Waals surface area (Å²) in [5.41, 5.74) is 2.58. The van der Waals surface area contributed by atoms with E-state index in [1.54, 1.807) is 0 Å². The molecule has 6 heteroatoms. The third-order valence-corrected chi connectivity index (χ3v) is 5.71. The number of ether oxygens (including phenoxy) is 2. The minimum absolute atomic E-state index is 0. The second kappa shape index (κ2) is 12.4. The minimum Gasteiger partial charge on any atom is -0.489 e. The lowest BCUT2D eigenvalue weighted by Crippen LogP contribution is -2.47. The van der Waals surface area contributed by atoms with Gasteiger partial charge in [-0.15, -0.1) is 24.8 Å². The topological polar surface area (TPSA) is 33.7 Å². The Hall–Kier alpha value is -1.30. The second-order valence-electron chi connectivity index (χ2n) is 7.53. The molecule has 2 aromatic rings.